The number of halogens is 3. The monoisotopic (exact) mass is 396 g/mol. The Bertz CT molecular complexity index is 430. The molecule has 0 N–H and O–H groups in total. The number of rotatable bonds is 6. The Kier molecular flexibility index (Phi) is 5.62. The van der Waals surface area contributed by atoms with Crippen molar-refractivity contribution in [3.8, 4) is 5.75 Å². The number of benzene rings is 1. The van der Waals surface area contributed by atoms with Crippen LogP contribution in [0.2, 0.25) is 0 Å². The second kappa shape index (κ2) is 7.02. The molecular formula is C13H15Br2FO3. The maximum atomic E-state index is 13.7. The molecule has 0 bridgehead atoms. The van der Waals surface area contributed by atoms with Crippen LogP contribution in [0, 0.1) is 5.82 Å². The fourth-order valence-electron chi connectivity index (χ4n) is 1.86. The van der Waals surface area contributed by atoms with Crippen molar-refractivity contribution < 1.29 is 18.6 Å². The Hall–Kier alpha value is -0.170. The molecule has 0 aromatic heterocycles. The van der Waals surface area contributed by atoms with Crippen molar-refractivity contribution in [2.45, 2.75) is 23.5 Å². The summed E-state index contributed by atoms with van der Waals surface area (Å²) in [6, 6.07) is 4.76. The largest absolute Gasteiger partial charge is 0.485 e. The van der Waals surface area contributed by atoms with Crippen molar-refractivity contribution in [2.75, 3.05) is 20.3 Å². The van der Waals surface area contributed by atoms with E-state index in [2.05, 4.69) is 31.9 Å². The van der Waals surface area contributed by atoms with Crippen LogP contribution in [0.3, 0.4) is 0 Å². The number of ether oxygens (including phenoxy) is 3. The second-order valence-electron chi connectivity index (χ2n) is 4.31. The Labute approximate surface area is 128 Å². The van der Waals surface area contributed by atoms with E-state index in [1.54, 1.807) is 19.2 Å². The lowest BCUT2D eigenvalue weighted by Gasteiger charge is -2.40. The fourth-order valence-corrected chi connectivity index (χ4v) is 3.05. The van der Waals surface area contributed by atoms with Gasteiger partial charge in [-0.25, -0.2) is 4.39 Å². The summed E-state index contributed by atoms with van der Waals surface area (Å²) in [4.78, 5) is 0.243. The molecule has 1 aliphatic rings. The molecule has 3 atom stereocenters. The van der Waals surface area contributed by atoms with Crippen molar-refractivity contribution in [3.05, 3.63) is 28.5 Å². The van der Waals surface area contributed by atoms with E-state index in [1.165, 1.54) is 6.07 Å². The average molecular weight is 398 g/mol. The fraction of sp³-hybridized carbons (Fsp3) is 0.538. The third kappa shape index (κ3) is 3.90. The first kappa shape index (κ1) is 15.2. The number of hydrogen-bond donors (Lipinski definition) is 0. The summed E-state index contributed by atoms with van der Waals surface area (Å²) in [6.45, 7) is 1.04. The number of alkyl halides is 1. The Balaban J connectivity index is 1.91. The van der Waals surface area contributed by atoms with Gasteiger partial charge in [0.25, 0.3) is 0 Å². The van der Waals surface area contributed by atoms with E-state index in [-0.39, 0.29) is 28.6 Å². The first-order chi connectivity index (χ1) is 9.11. The summed E-state index contributed by atoms with van der Waals surface area (Å²) in [5, 5.41) is 0. The molecule has 0 aliphatic heterocycles. The smallest absolute Gasteiger partial charge is 0.166 e. The van der Waals surface area contributed by atoms with Gasteiger partial charge in [-0.05, 0) is 18.2 Å². The first-order valence-corrected chi connectivity index (χ1v) is 7.69. The Morgan fingerprint density at radius 3 is 2.79 bits per heavy atom. The SMILES string of the molecule is COCCOC1C(Br)CC1Oc1ccc(Br)cc1F. The molecule has 3 nitrogen and oxygen atoms in total. The van der Waals surface area contributed by atoms with Gasteiger partial charge in [0, 0.05) is 22.8 Å². The van der Waals surface area contributed by atoms with E-state index >= 15 is 0 Å². The zero-order chi connectivity index (χ0) is 13.8. The first-order valence-electron chi connectivity index (χ1n) is 5.98. The quantitative estimate of drug-likeness (QED) is 0.542. The van der Waals surface area contributed by atoms with Crippen molar-refractivity contribution >= 4 is 31.9 Å². The predicted octanol–water partition coefficient (Wildman–Crippen LogP) is 3.53. The van der Waals surface area contributed by atoms with Crippen LogP contribution in [-0.2, 0) is 9.47 Å². The van der Waals surface area contributed by atoms with Gasteiger partial charge < -0.3 is 14.2 Å². The third-order valence-corrected chi connectivity index (χ3v) is 4.34. The normalized spacial score (nSPS) is 26.0. The highest BCUT2D eigenvalue weighted by molar-refractivity contribution is 9.10. The molecule has 19 heavy (non-hydrogen) atoms. The topological polar surface area (TPSA) is 27.7 Å². The average Bonchev–Trinajstić information content (AvgIpc) is 2.37. The molecular weight excluding hydrogens is 383 g/mol. The zero-order valence-corrected chi connectivity index (χ0v) is 13.6. The van der Waals surface area contributed by atoms with Crippen LogP contribution in [0.15, 0.2) is 22.7 Å². The van der Waals surface area contributed by atoms with Gasteiger partial charge in [0.05, 0.1) is 13.2 Å². The van der Waals surface area contributed by atoms with Gasteiger partial charge in [-0.2, -0.15) is 0 Å². The van der Waals surface area contributed by atoms with Crippen molar-refractivity contribution in [1.82, 2.24) is 0 Å². The lowest BCUT2D eigenvalue weighted by molar-refractivity contribution is -0.0874. The lowest BCUT2D eigenvalue weighted by Crippen LogP contribution is -2.52. The van der Waals surface area contributed by atoms with E-state index in [0.29, 0.717) is 17.7 Å². The van der Waals surface area contributed by atoms with Gasteiger partial charge in [0.1, 0.15) is 12.2 Å². The highest BCUT2D eigenvalue weighted by Gasteiger charge is 2.42. The van der Waals surface area contributed by atoms with Crippen LogP contribution in [0.5, 0.6) is 5.75 Å². The molecule has 0 saturated heterocycles. The molecule has 1 fully saturated rings. The number of methoxy groups -OCH3 is 1. The standard InChI is InChI=1S/C13H15Br2FO3/c1-17-4-5-18-13-9(15)7-12(13)19-11-3-2-8(14)6-10(11)16/h2-3,6,9,12-13H,4-5,7H2,1H3. The van der Waals surface area contributed by atoms with Crippen molar-refractivity contribution in [2.24, 2.45) is 0 Å². The summed E-state index contributed by atoms with van der Waals surface area (Å²) >= 11 is 6.73. The Morgan fingerprint density at radius 1 is 1.37 bits per heavy atom. The van der Waals surface area contributed by atoms with Gasteiger partial charge >= 0.3 is 0 Å². The summed E-state index contributed by atoms with van der Waals surface area (Å²) in [5.74, 6) is -0.115. The molecule has 0 heterocycles. The molecule has 0 spiro atoms. The van der Waals surface area contributed by atoms with Gasteiger partial charge in [-0.1, -0.05) is 31.9 Å². The van der Waals surface area contributed by atoms with Gasteiger partial charge in [0.2, 0.25) is 0 Å². The zero-order valence-electron chi connectivity index (χ0n) is 10.4. The molecule has 3 unspecified atom stereocenters. The summed E-state index contributed by atoms with van der Waals surface area (Å²) in [7, 11) is 1.63. The molecule has 0 amide bonds. The van der Waals surface area contributed by atoms with Crippen LogP contribution in [0.4, 0.5) is 4.39 Å². The molecule has 1 aliphatic carbocycles. The maximum absolute atomic E-state index is 13.7. The molecule has 2 rings (SSSR count). The highest BCUT2D eigenvalue weighted by atomic mass is 79.9. The summed E-state index contributed by atoms with van der Waals surface area (Å²) in [5.41, 5.74) is 0. The van der Waals surface area contributed by atoms with Crippen molar-refractivity contribution in [3.63, 3.8) is 0 Å². The van der Waals surface area contributed by atoms with Crippen LogP contribution in [0.25, 0.3) is 0 Å². The third-order valence-electron chi connectivity index (χ3n) is 2.95. The molecule has 6 heteroatoms. The molecule has 1 aromatic carbocycles. The second-order valence-corrected chi connectivity index (χ2v) is 6.40. The van der Waals surface area contributed by atoms with E-state index < -0.39 is 0 Å². The molecule has 1 saturated carbocycles. The molecule has 106 valence electrons. The number of hydrogen-bond acceptors (Lipinski definition) is 3. The van der Waals surface area contributed by atoms with E-state index in [0.717, 1.165) is 6.42 Å². The summed E-state index contributed by atoms with van der Waals surface area (Å²) in [6.07, 6.45) is 0.600. The Morgan fingerprint density at radius 2 is 2.16 bits per heavy atom. The maximum Gasteiger partial charge on any atom is 0.166 e. The van der Waals surface area contributed by atoms with Crippen LogP contribution >= 0.6 is 31.9 Å². The van der Waals surface area contributed by atoms with E-state index in [1.807, 2.05) is 0 Å². The van der Waals surface area contributed by atoms with Gasteiger partial charge in [-0.3, -0.25) is 0 Å². The van der Waals surface area contributed by atoms with Crippen molar-refractivity contribution in [1.29, 1.82) is 0 Å². The lowest BCUT2D eigenvalue weighted by atomic mass is 9.91. The molecule has 1 aromatic rings. The minimum Gasteiger partial charge on any atom is -0.485 e. The highest BCUT2D eigenvalue weighted by Crippen LogP contribution is 2.35. The minimum absolute atomic E-state index is 0.0711. The minimum atomic E-state index is -0.372. The van der Waals surface area contributed by atoms with Crippen LogP contribution < -0.4 is 4.74 Å². The van der Waals surface area contributed by atoms with E-state index in [9.17, 15) is 4.39 Å². The van der Waals surface area contributed by atoms with Crippen LogP contribution in [-0.4, -0.2) is 37.4 Å². The van der Waals surface area contributed by atoms with E-state index in [4.69, 9.17) is 14.2 Å². The predicted molar refractivity (Wildman–Crippen MR) is 77.5 cm³/mol. The summed E-state index contributed by atoms with van der Waals surface area (Å²) < 4.78 is 30.6. The van der Waals surface area contributed by atoms with Crippen LogP contribution in [0.1, 0.15) is 6.42 Å². The van der Waals surface area contributed by atoms with Gasteiger partial charge in [-0.15, -0.1) is 0 Å². The molecule has 0 radical (unpaired) electrons. The van der Waals surface area contributed by atoms with Gasteiger partial charge in [0.15, 0.2) is 11.6 Å².